The maximum atomic E-state index is 14.8. The van der Waals surface area contributed by atoms with Gasteiger partial charge in [0.25, 0.3) is 12.0 Å². The fourth-order valence-corrected chi connectivity index (χ4v) is 4.16. The molecule has 8 nitrogen and oxygen atoms in total. The maximum absolute atomic E-state index is 14.8. The Morgan fingerprint density at radius 3 is 2.39 bits per heavy atom. The summed E-state index contributed by atoms with van der Waals surface area (Å²) in [6.07, 6.45) is 0.152. The minimum atomic E-state index is -2.65. The van der Waals surface area contributed by atoms with E-state index < -0.39 is 42.4 Å². The summed E-state index contributed by atoms with van der Waals surface area (Å²) in [5, 5.41) is 5.37. The van der Waals surface area contributed by atoms with Crippen molar-refractivity contribution in [2.75, 3.05) is 30.3 Å². The Hall–Kier alpha value is -3.70. The number of carbonyl (C=O) groups is 2. The van der Waals surface area contributed by atoms with Crippen molar-refractivity contribution in [2.24, 2.45) is 11.8 Å². The van der Waals surface area contributed by atoms with Crippen LogP contribution in [-0.2, 0) is 9.59 Å². The molecule has 2 aromatic heterocycles. The molecule has 36 heavy (non-hydrogen) atoms. The number of nitrogens with zero attached hydrogens (tertiary/aromatic N) is 3. The molecular weight excluding hydrogens is 499 g/mol. The van der Waals surface area contributed by atoms with Crippen molar-refractivity contribution in [3.8, 4) is 5.69 Å². The third-order valence-corrected chi connectivity index (χ3v) is 5.98. The first-order valence-electron chi connectivity index (χ1n) is 10.9. The van der Waals surface area contributed by atoms with Crippen LogP contribution in [0.5, 0.6) is 0 Å². The molecule has 2 atom stereocenters. The van der Waals surface area contributed by atoms with Crippen molar-refractivity contribution in [3.63, 3.8) is 0 Å². The van der Waals surface area contributed by atoms with Crippen molar-refractivity contribution in [1.29, 1.82) is 0 Å². The lowest BCUT2D eigenvalue weighted by atomic mass is 9.94. The molecule has 1 aliphatic rings. The van der Waals surface area contributed by atoms with E-state index in [9.17, 15) is 27.6 Å². The highest BCUT2D eigenvalue weighted by molar-refractivity contribution is 6.30. The first-order chi connectivity index (χ1) is 17.2. The lowest BCUT2D eigenvalue weighted by Gasteiger charge is -2.18. The Kier molecular flexibility index (Phi) is 7.70. The van der Waals surface area contributed by atoms with Crippen LogP contribution in [0.4, 0.5) is 24.7 Å². The summed E-state index contributed by atoms with van der Waals surface area (Å²) in [5.41, 5.74) is -0.269. The smallest absolute Gasteiger partial charge is 0.255 e. The SMILES string of the molecule is O=C(Nc1ccc(Cl)cn1)C1CN(CC(F)F)C[C@@H]1C(=O)Nc1ccc(-n2ccccc2=O)cc1F. The molecule has 188 valence electrons. The fourth-order valence-electron chi connectivity index (χ4n) is 4.05. The Labute approximate surface area is 208 Å². The number of benzene rings is 1. The van der Waals surface area contributed by atoms with Crippen LogP contribution >= 0.6 is 11.6 Å². The largest absolute Gasteiger partial charge is 0.323 e. The van der Waals surface area contributed by atoms with E-state index in [1.54, 1.807) is 12.1 Å². The number of alkyl halides is 2. The summed E-state index contributed by atoms with van der Waals surface area (Å²) in [4.78, 5) is 43.2. The zero-order valence-electron chi connectivity index (χ0n) is 18.7. The molecule has 1 aliphatic heterocycles. The second-order valence-electron chi connectivity index (χ2n) is 8.24. The zero-order chi connectivity index (χ0) is 25.8. The molecule has 0 saturated carbocycles. The van der Waals surface area contributed by atoms with Crippen LogP contribution in [0.25, 0.3) is 5.69 Å². The number of aromatic nitrogens is 2. The lowest BCUT2D eigenvalue weighted by Crippen LogP contribution is -2.36. The molecule has 2 N–H and O–H groups in total. The second-order valence-corrected chi connectivity index (χ2v) is 8.67. The summed E-state index contributed by atoms with van der Waals surface area (Å²) in [6.45, 7) is -0.802. The number of carbonyl (C=O) groups excluding carboxylic acids is 2. The maximum Gasteiger partial charge on any atom is 0.255 e. The van der Waals surface area contributed by atoms with Crippen molar-refractivity contribution in [3.05, 3.63) is 82.1 Å². The van der Waals surface area contributed by atoms with Gasteiger partial charge in [-0.1, -0.05) is 17.7 Å². The van der Waals surface area contributed by atoms with Crippen molar-refractivity contribution in [1.82, 2.24) is 14.5 Å². The number of hydrogen-bond donors (Lipinski definition) is 2. The molecule has 0 radical (unpaired) electrons. The summed E-state index contributed by atoms with van der Waals surface area (Å²) >= 11 is 5.80. The average Bonchev–Trinajstić information content (AvgIpc) is 3.25. The quantitative estimate of drug-likeness (QED) is 0.499. The van der Waals surface area contributed by atoms with Crippen molar-refractivity contribution >= 4 is 34.9 Å². The minimum Gasteiger partial charge on any atom is -0.323 e. The molecule has 0 bridgehead atoms. The molecule has 1 fully saturated rings. The zero-order valence-corrected chi connectivity index (χ0v) is 19.5. The summed E-state index contributed by atoms with van der Waals surface area (Å²) in [6, 6.07) is 11.3. The van der Waals surface area contributed by atoms with Gasteiger partial charge in [0.05, 0.1) is 34.8 Å². The predicted molar refractivity (Wildman–Crippen MR) is 128 cm³/mol. The first-order valence-corrected chi connectivity index (χ1v) is 11.3. The number of halogens is 4. The Morgan fingerprint density at radius 1 is 1.06 bits per heavy atom. The van der Waals surface area contributed by atoms with Gasteiger partial charge in [-0.15, -0.1) is 0 Å². The molecule has 4 rings (SSSR count). The molecule has 2 amide bonds. The van der Waals surface area contributed by atoms with Crippen molar-refractivity contribution in [2.45, 2.75) is 6.43 Å². The second kappa shape index (κ2) is 10.9. The molecule has 1 aromatic carbocycles. The highest BCUT2D eigenvalue weighted by Crippen LogP contribution is 2.28. The van der Waals surface area contributed by atoms with Crippen LogP contribution < -0.4 is 16.2 Å². The van der Waals surface area contributed by atoms with E-state index in [0.29, 0.717) is 5.02 Å². The van der Waals surface area contributed by atoms with Gasteiger partial charge in [-0.2, -0.15) is 0 Å². The van der Waals surface area contributed by atoms with Gasteiger partial charge in [0, 0.05) is 37.6 Å². The Balaban J connectivity index is 1.52. The van der Waals surface area contributed by atoms with Crippen LogP contribution in [0, 0.1) is 17.7 Å². The first kappa shape index (κ1) is 25.4. The minimum absolute atomic E-state index is 0.0831. The highest BCUT2D eigenvalue weighted by Gasteiger charge is 2.42. The highest BCUT2D eigenvalue weighted by atomic mass is 35.5. The van der Waals surface area contributed by atoms with E-state index in [-0.39, 0.29) is 35.8 Å². The molecule has 3 aromatic rings. The molecular formula is C24H21ClF3N5O3. The van der Waals surface area contributed by atoms with Gasteiger partial charge in [0.15, 0.2) is 0 Å². The van der Waals surface area contributed by atoms with Gasteiger partial charge >= 0.3 is 0 Å². The number of nitrogens with one attached hydrogen (secondary N) is 2. The van der Waals surface area contributed by atoms with Gasteiger partial charge in [-0.25, -0.2) is 18.2 Å². The topological polar surface area (TPSA) is 96.3 Å². The molecule has 1 saturated heterocycles. The lowest BCUT2D eigenvalue weighted by molar-refractivity contribution is -0.127. The molecule has 0 spiro atoms. The number of hydrogen-bond acceptors (Lipinski definition) is 5. The van der Waals surface area contributed by atoms with Gasteiger partial charge in [-0.3, -0.25) is 23.9 Å². The number of pyridine rings is 2. The predicted octanol–water partition coefficient (Wildman–Crippen LogP) is 3.42. The van der Waals surface area contributed by atoms with E-state index >= 15 is 0 Å². The summed E-state index contributed by atoms with van der Waals surface area (Å²) < 4.78 is 42.0. The molecule has 3 heterocycles. The van der Waals surface area contributed by atoms with E-state index in [1.807, 2.05) is 0 Å². The molecule has 0 aliphatic carbocycles. The van der Waals surface area contributed by atoms with Gasteiger partial charge < -0.3 is 10.6 Å². The van der Waals surface area contributed by atoms with E-state index in [0.717, 1.165) is 6.07 Å². The average molecular weight is 520 g/mol. The van der Waals surface area contributed by atoms with E-state index in [4.69, 9.17) is 11.6 Å². The van der Waals surface area contributed by atoms with Gasteiger partial charge in [-0.05, 0) is 30.3 Å². The normalized spacial score (nSPS) is 17.8. The third kappa shape index (κ3) is 5.92. The number of rotatable bonds is 7. The van der Waals surface area contributed by atoms with Gasteiger partial charge in [0.2, 0.25) is 11.8 Å². The van der Waals surface area contributed by atoms with E-state index in [1.165, 1.54) is 52.2 Å². The van der Waals surface area contributed by atoms with Crippen LogP contribution in [0.1, 0.15) is 0 Å². The Morgan fingerprint density at radius 2 is 1.78 bits per heavy atom. The number of anilines is 2. The number of likely N-dealkylation sites (tertiary alicyclic amines) is 1. The van der Waals surface area contributed by atoms with Crippen LogP contribution in [0.15, 0.2) is 65.7 Å². The summed E-state index contributed by atoms with van der Waals surface area (Å²) in [7, 11) is 0. The summed E-state index contributed by atoms with van der Waals surface area (Å²) in [5.74, 6) is -3.89. The van der Waals surface area contributed by atoms with Gasteiger partial charge in [0.1, 0.15) is 11.6 Å². The molecule has 1 unspecified atom stereocenters. The molecule has 12 heteroatoms. The van der Waals surface area contributed by atoms with Crippen LogP contribution in [0.3, 0.4) is 0 Å². The standard InChI is InChI=1S/C24H21ClF3N5O3/c25-14-4-7-21(29-10-14)31-24(36)17-12-32(13-20(27)28)11-16(17)23(35)30-19-6-5-15(9-18(19)26)33-8-2-1-3-22(33)34/h1-10,16-17,20H,11-13H2,(H,30,35)(H,29,31,36)/t16-,17?/m0/s1. The van der Waals surface area contributed by atoms with Crippen LogP contribution in [-0.4, -0.2) is 52.3 Å². The fraction of sp³-hybridized carbons (Fsp3) is 0.250. The van der Waals surface area contributed by atoms with Crippen LogP contribution in [0.2, 0.25) is 5.02 Å². The number of amides is 2. The Bertz CT molecular complexity index is 1320. The van der Waals surface area contributed by atoms with Crippen molar-refractivity contribution < 1.29 is 22.8 Å². The third-order valence-electron chi connectivity index (χ3n) is 5.76. The van der Waals surface area contributed by atoms with E-state index in [2.05, 4.69) is 15.6 Å². The monoisotopic (exact) mass is 519 g/mol.